The predicted octanol–water partition coefficient (Wildman–Crippen LogP) is -0.116. The number of amides is 1. The Morgan fingerprint density at radius 1 is 1.47 bits per heavy atom. The molecule has 1 aromatic carbocycles. The molecule has 0 bridgehead atoms. The highest BCUT2D eigenvalue weighted by Crippen LogP contribution is 2.04. The van der Waals surface area contributed by atoms with Crippen molar-refractivity contribution in [3.05, 3.63) is 35.4 Å². The first-order chi connectivity index (χ1) is 7.02. The van der Waals surface area contributed by atoms with Crippen molar-refractivity contribution in [2.75, 3.05) is 7.05 Å². The molecule has 3 N–H and O–H groups in total. The van der Waals surface area contributed by atoms with Gasteiger partial charge in [0.2, 0.25) is 0 Å². The van der Waals surface area contributed by atoms with Crippen LogP contribution in [0.5, 0.6) is 0 Å². The number of nitrogens with one attached hydrogen (secondary N) is 1. The molecule has 0 aliphatic heterocycles. The first-order valence-electron chi connectivity index (χ1n) is 5.18. The number of nitrogens with two attached hydrogens (primary N) is 1. The average molecular weight is 207 g/mol. The molecule has 0 spiro atoms. The van der Waals surface area contributed by atoms with Crippen molar-refractivity contribution in [2.45, 2.75) is 26.4 Å². The molecule has 1 aromatic rings. The first kappa shape index (κ1) is 11.7. The second-order valence-electron chi connectivity index (χ2n) is 4.07. The number of quaternary nitrogens is 1. The summed E-state index contributed by atoms with van der Waals surface area (Å²) in [6, 6.07) is 8.06. The van der Waals surface area contributed by atoms with Gasteiger partial charge in [0, 0.05) is 5.56 Å². The lowest BCUT2D eigenvalue weighted by Crippen LogP contribution is -3.12. The molecule has 1 rings (SSSR count). The maximum absolute atomic E-state index is 11.0. The summed E-state index contributed by atoms with van der Waals surface area (Å²) < 4.78 is 0. The van der Waals surface area contributed by atoms with Crippen molar-refractivity contribution < 1.29 is 9.69 Å². The third kappa shape index (κ3) is 3.06. The van der Waals surface area contributed by atoms with Crippen molar-refractivity contribution in [1.29, 1.82) is 0 Å². The number of likely N-dealkylation sites (N-methyl/N-ethyl adjacent to an activating group) is 1. The number of carbonyl (C=O) groups is 1. The van der Waals surface area contributed by atoms with Crippen molar-refractivity contribution in [3.8, 4) is 0 Å². The van der Waals surface area contributed by atoms with Crippen LogP contribution in [0, 0.1) is 6.92 Å². The fourth-order valence-electron chi connectivity index (χ4n) is 1.50. The van der Waals surface area contributed by atoms with Gasteiger partial charge in [0.05, 0.1) is 7.05 Å². The van der Waals surface area contributed by atoms with E-state index in [0.29, 0.717) is 0 Å². The Bertz CT molecular complexity index is 349. The van der Waals surface area contributed by atoms with Gasteiger partial charge in [-0.2, -0.15) is 0 Å². The molecule has 2 atom stereocenters. The predicted molar refractivity (Wildman–Crippen MR) is 60.4 cm³/mol. The summed E-state index contributed by atoms with van der Waals surface area (Å²) in [5.74, 6) is -0.249. The minimum atomic E-state index is -0.249. The summed E-state index contributed by atoms with van der Waals surface area (Å²) in [5.41, 5.74) is 7.79. The van der Waals surface area contributed by atoms with Gasteiger partial charge in [-0.3, -0.25) is 4.79 Å². The standard InChI is InChI=1S/C12H18N2O/c1-9-6-4-5-7-11(9)8-14(3)10(2)12(13)15/h4-7,10H,8H2,1-3H3,(H2,13,15)/p+1/t10-/m0/s1. The largest absolute Gasteiger partial charge is 0.365 e. The van der Waals surface area contributed by atoms with Gasteiger partial charge in [0.25, 0.3) is 5.91 Å². The first-order valence-corrected chi connectivity index (χ1v) is 5.18. The molecule has 0 aromatic heterocycles. The van der Waals surface area contributed by atoms with Crippen LogP contribution in [0.1, 0.15) is 18.1 Å². The van der Waals surface area contributed by atoms with Crippen LogP contribution in [0.25, 0.3) is 0 Å². The summed E-state index contributed by atoms with van der Waals surface area (Å²) in [6.45, 7) is 4.77. The average Bonchev–Trinajstić information content (AvgIpc) is 2.20. The van der Waals surface area contributed by atoms with E-state index < -0.39 is 0 Å². The minimum absolute atomic E-state index is 0.149. The lowest BCUT2D eigenvalue weighted by molar-refractivity contribution is -0.908. The zero-order valence-electron chi connectivity index (χ0n) is 9.58. The zero-order valence-corrected chi connectivity index (χ0v) is 9.58. The third-order valence-corrected chi connectivity index (χ3v) is 2.90. The van der Waals surface area contributed by atoms with Crippen LogP contribution >= 0.6 is 0 Å². The Labute approximate surface area is 90.9 Å². The van der Waals surface area contributed by atoms with Crippen molar-refractivity contribution in [3.63, 3.8) is 0 Å². The van der Waals surface area contributed by atoms with Gasteiger partial charge in [0.15, 0.2) is 6.04 Å². The number of aryl methyl sites for hydroxylation is 1. The minimum Gasteiger partial charge on any atom is -0.365 e. The molecule has 15 heavy (non-hydrogen) atoms. The Morgan fingerprint density at radius 3 is 2.60 bits per heavy atom. The van der Waals surface area contributed by atoms with Crippen LogP contribution in [0.15, 0.2) is 24.3 Å². The molecule has 3 nitrogen and oxygen atoms in total. The molecule has 0 fully saturated rings. The number of hydrogen-bond acceptors (Lipinski definition) is 1. The summed E-state index contributed by atoms with van der Waals surface area (Å²) in [6.07, 6.45) is 0. The normalized spacial score (nSPS) is 14.6. The Hall–Kier alpha value is -1.35. The van der Waals surface area contributed by atoms with E-state index >= 15 is 0 Å². The highest BCUT2D eigenvalue weighted by molar-refractivity contribution is 5.77. The molecular formula is C12H19N2O+. The van der Waals surface area contributed by atoms with E-state index in [1.807, 2.05) is 26.1 Å². The number of rotatable bonds is 4. The van der Waals surface area contributed by atoms with E-state index in [2.05, 4.69) is 19.1 Å². The van der Waals surface area contributed by atoms with Gasteiger partial charge in [0.1, 0.15) is 6.54 Å². The van der Waals surface area contributed by atoms with E-state index in [0.717, 1.165) is 11.4 Å². The van der Waals surface area contributed by atoms with Crippen molar-refractivity contribution >= 4 is 5.91 Å². The van der Waals surface area contributed by atoms with Gasteiger partial charge in [-0.15, -0.1) is 0 Å². The molecule has 0 radical (unpaired) electrons. The van der Waals surface area contributed by atoms with Gasteiger partial charge in [-0.25, -0.2) is 0 Å². The monoisotopic (exact) mass is 207 g/mol. The van der Waals surface area contributed by atoms with Gasteiger partial charge >= 0.3 is 0 Å². The van der Waals surface area contributed by atoms with Gasteiger partial charge < -0.3 is 10.6 Å². The van der Waals surface area contributed by atoms with Crippen molar-refractivity contribution in [1.82, 2.24) is 0 Å². The second-order valence-corrected chi connectivity index (χ2v) is 4.07. The second kappa shape index (κ2) is 4.94. The molecule has 1 unspecified atom stereocenters. The summed E-state index contributed by atoms with van der Waals surface area (Å²) in [4.78, 5) is 12.1. The van der Waals surface area contributed by atoms with Crippen LogP contribution in [-0.2, 0) is 11.3 Å². The smallest absolute Gasteiger partial charge is 0.275 e. The van der Waals surface area contributed by atoms with E-state index in [1.165, 1.54) is 11.1 Å². The van der Waals surface area contributed by atoms with E-state index in [9.17, 15) is 4.79 Å². The zero-order chi connectivity index (χ0) is 11.4. The number of carbonyl (C=O) groups excluding carboxylic acids is 1. The van der Waals surface area contributed by atoms with Crippen LogP contribution < -0.4 is 10.6 Å². The van der Waals surface area contributed by atoms with Crippen LogP contribution in [0.3, 0.4) is 0 Å². The van der Waals surface area contributed by atoms with E-state index in [4.69, 9.17) is 5.73 Å². The highest BCUT2D eigenvalue weighted by Gasteiger charge is 2.18. The van der Waals surface area contributed by atoms with Crippen molar-refractivity contribution in [2.24, 2.45) is 5.73 Å². The fourth-order valence-corrected chi connectivity index (χ4v) is 1.50. The summed E-state index contributed by atoms with van der Waals surface area (Å²) >= 11 is 0. The van der Waals surface area contributed by atoms with E-state index in [-0.39, 0.29) is 11.9 Å². The number of hydrogen-bond donors (Lipinski definition) is 2. The van der Waals surface area contributed by atoms with Crippen LogP contribution in [-0.4, -0.2) is 19.0 Å². The summed E-state index contributed by atoms with van der Waals surface area (Å²) in [5, 5.41) is 0. The lowest BCUT2D eigenvalue weighted by atomic mass is 10.1. The number of primary amides is 1. The molecule has 1 amide bonds. The third-order valence-electron chi connectivity index (χ3n) is 2.90. The molecule has 0 aliphatic carbocycles. The molecule has 0 aliphatic rings. The lowest BCUT2D eigenvalue weighted by Gasteiger charge is -2.19. The number of benzene rings is 1. The quantitative estimate of drug-likeness (QED) is 0.710. The SMILES string of the molecule is Cc1ccccc1C[NH+](C)[C@@H](C)C(N)=O. The molecule has 0 saturated heterocycles. The Morgan fingerprint density at radius 2 is 2.07 bits per heavy atom. The topological polar surface area (TPSA) is 47.5 Å². The van der Waals surface area contributed by atoms with Gasteiger partial charge in [-0.1, -0.05) is 24.3 Å². The fraction of sp³-hybridized carbons (Fsp3) is 0.417. The van der Waals surface area contributed by atoms with Crippen LogP contribution in [0.2, 0.25) is 0 Å². The summed E-state index contributed by atoms with van der Waals surface area (Å²) in [7, 11) is 1.99. The van der Waals surface area contributed by atoms with Crippen LogP contribution in [0.4, 0.5) is 0 Å². The molecule has 82 valence electrons. The Kier molecular flexibility index (Phi) is 3.86. The molecular weight excluding hydrogens is 188 g/mol. The highest BCUT2D eigenvalue weighted by atomic mass is 16.1. The maximum atomic E-state index is 11.0. The molecule has 0 saturated carbocycles. The van der Waals surface area contributed by atoms with Gasteiger partial charge in [-0.05, 0) is 19.4 Å². The Balaban J connectivity index is 2.70. The molecule has 3 heteroatoms. The maximum Gasteiger partial charge on any atom is 0.275 e. The van der Waals surface area contributed by atoms with E-state index in [1.54, 1.807) is 0 Å². The molecule has 0 heterocycles.